The number of rotatable bonds is 5. The zero-order valence-corrected chi connectivity index (χ0v) is 17.1. The molecular weight excluding hydrogens is 393 g/mol. The Labute approximate surface area is 167 Å². The molecule has 28 heavy (non-hydrogen) atoms. The predicted molar refractivity (Wildman–Crippen MR) is 117 cm³/mol. The van der Waals surface area contributed by atoms with Crippen LogP contribution in [0.3, 0.4) is 0 Å². The molecule has 4 aromatic rings. The minimum Gasteiger partial charge on any atom is -0.340 e. The van der Waals surface area contributed by atoms with E-state index >= 15 is 0 Å². The van der Waals surface area contributed by atoms with Gasteiger partial charge in [0.25, 0.3) is 0 Å². The number of pyridine rings is 1. The molecule has 0 aliphatic carbocycles. The predicted octanol–water partition coefficient (Wildman–Crippen LogP) is 5.35. The first kappa shape index (κ1) is 18.5. The molecular formula is C20H19ClN5OP. The van der Waals surface area contributed by atoms with Crippen LogP contribution >= 0.6 is 18.7 Å². The van der Waals surface area contributed by atoms with Crippen LogP contribution in [-0.2, 0) is 4.57 Å². The largest absolute Gasteiger partial charge is 0.340 e. The fourth-order valence-electron chi connectivity index (χ4n) is 2.94. The monoisotopic (exact) mass is 411 g/mol. The Kier molecular flexibility index (Phi) is 4.84. The Balaban J connectivity index is 1.64. The maximum atomic E-state index is 12.6. The van der Waals surface area contributed by atoms with E-state index in [4.69, 9.17) is 11.6 Å². The van der Waals surface area contributed by atoms with Gasteiger partial charge < -0.3 is 15.2 Å². The van der Waals surface area contributed by atoms with Gasteiger partial charge in [-0.2, -0.15) is 5.10 Å². The lowest BCUT2D eigenvalue weighted by Crippen LogP contribution is -2.10. The molecule has 0 saturated heterocycles. The van der Waals surface area contributed by atoms with Gasteiger partial charge in [0, 0.05) is 16.4 Å². The molecule has 2 aromatic carbocycles. The molecule has 4 rings (SSSR count). The minimum atomic E-state index is -2.45. The lowest BCUT2D eigenvalue weighted by molar-refractivity contribution is 0.588. The van der Waals surface area contributed by atoms with E-state index in [1.165, 1.54) is 0 Å². The van der Waals surface area contributed by atoms with Gasteiger partial charge in [0.15, 0.2) is 5.82 Å². The van der Waals surface area contributed by atoms with Crippen molar-refractivity contribution >= 4 is 58.0 Å². The van der Waals surface area contributed by atoms with E-state index in [9.17, 15) is 4.57 Å². The van der Waals surface area contributed by atoms with Crippen molar-refractivity contribution in [2.24, 2.45) is 0 Å². The maximum absolute atomic E-state index is 12.6. The summed E-state index contributed by atoms with van der Waals surface area (Å²) in [5.41, 5.74) is 2.55. The van der Waals surface area contributed by atoms with Gasteiger partial charge in [-0.3, -0.25) is 5.10 Å². The van der Waals surface area contributed by atoms with Gasteiger partial charge in [0.2, 0.25) is 0 Å². The van der Waals surface area contributed by atoms with Gasteiger partial charge in [-0.1, -0.05) is 23.7 Å². The van der Waals surface area contributed by atoms with Crippen molar-refractivity contribution in [2.45, 2.75) is 0 Å². The first-order valence-corrected chi connectivity index (χ1v) is 11.7. The molecule has 3 N–H and O–H groups in total. The summed E-state index contributed by atoms with van der Waals surface area (Å²) < 4.78 is 12.6. The number of aromatic amines is 1. The maximum Gasteiger partial charge on any atom is 0.151 e. The number of benzene rings is 2. The van der Waals surface area contributed by atoms with E-state index in [0.717, 1.165) is 27.6 Å². The van der Waals surface area contributed by atoms with E-state index in [2.05, 4.69) is 25.8 Å². The molecule has 0 atom stereocenters. The van der Waals surface area contributed by atoms with Crippen LogP contribution in [0.15, 0.2) is 60.8 Å². The number of nitrogens with zero attached hydrogens (tertiary/aromatic N) is 2. The van der Waals surface area contributed by atoms with Gasteiger partial charge >= 0.3 is 0 Å². The van der Waals surface area contributed by atoms with Crippen LogP contribution in [0.5, 0.6) is 0 Å². The molecule has 0 amide bonds. The lowest BCUT2D eigenvalue weighted by atomic mass is 10.2. The number of aromatic nitrogens is 3. The highest BCUT2D eigenvalue weighted by molar-refractivity contribution is 7.70. The molecule has 0 aliphatic heterocycles. The summed E-state index contributed by atoms with van der Waals surface area (Å²) in [6.45, 7) is 3.48. The van der Waals surface area contributed by atoms with Crippen molar-refractivity contribution in [3.05, 3.63) is 65.8 Å². The van der Waals surface area contributed by atoms with Gasteiger partial charge in [-0.25, -0.2) is 4.98 Å². The van der Waals surface area contributed by atoms with Crippen LogP contribution in [0.4, 0.5) is 23.0 Å². The van der Waals surface area contributed by atoms with Crippen molar-refractivity contribution in [3.63, 3.8) is 0 Å². The molecule has 142 valence electrons. The van der Waals surface area contributed by atoms with Crippen LogP contribution in [0.2, 0.25) is 5.02 Å². The van der Waals surface area contributed by atoms with Gasteiger partial charge in [0.05, 0.1) is 22.4 Å². The van der Waals surface area contributed by atoms with Crippen molar-refractivity contribution in [1.29, 1.82) is 0 Å². The average Bonchev–Trinajstić information content (AvgIpc) is 3.12. The van der Waals surface area contributed by atoms with Crippen molar-refractivity contribution in [2.75, 3.05) is 24.0 Å². The van der Waals surface area contributed by atoms with E-state index in [-0.39, 0.29) is 0 Å². The van der Waals surface area contributed by atoms with Crippen LogP contribution in [0.1, 0.15) is 0 Å². The topological polar surface area (TPSA) is 82.7 Å². The van der Waals surface area contributed by atoms with Crippen molar-refractivity contribution < 1.29 is 4.57 Å². The summed E-state index contributed by atoms with van der Waals surface area (Å²) in [7, 11) is -2.45. The van der Waals surface area contributed by atoms with E-state index in [0.29, 0.717) is 16.7 Å². The van der Waals surface area contributed by atoms with Crippen LogP contribution in [0.25, 0.3) is 10.9 Å². The Morgan fingerprint density at radius 1 is 1.04 bits per heavy atom. The zero-order chi connectivity index (χ0) is 19.7. The highest BCUT2D eigenvalue weighted by atomic mass is 35.5. The smallest absolute Gasteiger partial charge is 0.151 e. The van der Waals surface area contributed by atoms with E-state index < -0.39 is 7.14 Å². The third kappa shape index (κ3) is 3.88. The summed E-state index contributed by atoms with van der Waals surface area (Å²) in [5, 5.41) is 15.8. The third-order valence-corrected chi connectivity index (χ3v) is 6.15. The minimum absolute atomic E-state index is 0.478. The Bertz CT molecular complexity index is 1200. The first-order valence-electron chi connectivity index (χ1n) is 8.68. The third-order valence-electron chi connectivity index (χ3n) is 4.30. The molecule has 2 aromatic heterocycles. The van der Waals surface area contributed by atoms with E-state index in [1.807, 2.05) is 42.5 Å². The number of hydrogen-bond donors (Lipinski definition) is 3. The molecule has 8 heteroatoms. The summed E-state index contributed by atoms with van der Waals surface area (Å²) in [5.74, 6) is 1.13. The molecule has 0 bridgehead atoms. The van der Waals surface area contributed by atoms with Gasteiger partial charge in [-0.05, 0) is 55.8 Å². The highest BCUT2D eigenvalue weighted by Gasteiger charge is 2.16. The number of anilines is 4. The number of fused-ring (bicyclic) bond motifs is 1. The Morgan fingerprint density at radius 2 is 1.86 bits per heavy atom. The molecule has 0 aliphatic rings. The van der Waals surface area contributed by atoms with Gasteiger partial charge in [-0.15, -0.1) is 0 Å². The number of para-hydroxylation sites is 1. The van der Waals surface area contributed by atoms with Crippen molar-refractivity contribution in [3.8, 4) is 0 Å². The SMILES string of the molecule is CP(C)(=O)c1ccccc1Nc1nc(Nc2ccc3cn[nH]c3c2)ccc1Cl. The number of H-pyrrole nitrogens is 1. The summed E-state index contributed by atoms with van der Waals surface area (Å²) in [6.07, 6.45) is 1.78. The summed E-state index contributed by atoms with van der Waals surface area (Å²) >= 11 is 6.34. The molecule has 0 radical (unpaired) electrons. The normalized spacial score (nSPS) is 11.5. The second-order valence-corrected chi connectivity index (χ2v) is 10.4. The molecule has 0 unspecified atom stereocenters. The standard InChI is InChI=1S/C20H19ClN5OP/c1-28(2,27)18-6-4-3-5-16(18)24-20-15(21)9-10-19(25-20)23-14-8-7-13-12-22-26-17(13)11-14/h3-12H,1-2H3,(H,22,26)(H2,23,24,25). The fraction of sp³-hybridized carbons (Fsp3) is 0.100. The molecule has 0 fully saturated rings. The number of halogens is 1. The number of hydrogen-bond acceptors (Lipinski definition) is 5. The molecule has 0 spiro atoms. The summed E-state index contributed by atoms with van der Waals surface area (Å²) in [6, 6.07) is 17.0. The van der Waals surface area contributed by atoms with Crippen LogP contribution in [-0.4, -0.2) is 28.5 Å². The highest BCUT2D eigenvalue weighted by Crippen LogP contribution is 2.38. The second-order valence-electron chi connectivity index (χ2n) is 6.82. The van der Waals surface area contributed by atoms with Crippen LogP contribution < -0.4 is 15.9 Å². The lowest BCUT2D eigenvalue weighted by Gasteiger charge is -2.16. The Hall–Kier alpha value is -2.82. The number of nitrogens with one attached hydrogen (secondary N) is 3. The zero-order valence-electron chi connectivity index (χ0n) is 15.4. The van der Waals surface area contributed by atoms with Crippen LogP contribution in [0, 0.1) is 0 Å². The quantitative estimate of drug-likeness (QED) is 0.386. The average molecular weight is 412 g/mol. The van der Waals surface area contributed by atoms with E-state index in [1.54, 1.807) is 31.7 Å². The van der Waals surface area contributed by atoms with Gasteiger partial charge in [0.1, 0.15) is 13.0 Å². The Morgan fingerprint density at radius 3 is 2.68 bits per heavy atom. The second kappa shape index (κ2) is 7.30. The molecule has 2 heterocycles. The first-order chi connectivity index (χ1) is 13.4. The van der Waals surface area contributed by atoms with Crippen molar-refractivity contribution in [1.82, 2.24) is 15.2 Å². The fourth-order valence-corrected chi connectivity index (χ4v) is 4.25. The summed E-state index contributed by atoms with van der Waals surface area (Å²) in [4.78, 5) is 4.58. The molecule has 6 nitrogen and oxygen atoms in total. The molecule has 0 saturated carbocycles.